The molecule has 4 heteroatoms. The molecular weight excluding hydrogens is 230 g/mol. The van der Waals surface area contributed by atoms with E-state index in [4.69, 9.17) is 5.11 Å². The summed E-state index contributed by atoms with van der Waals surface area (Å²) in [7, 11) is 0. The van der Waals surface area contributed by atoms with Crippen LogP contribution in [-0.4, -0.2) is 34.5 Å². The second-order valence-corrected chi connectivity index (χ2v) is 6.08. The van der Waals surface area contributed by atoms with Crippen molar-refractivity contribution >= 4 is 11.9 Å². The highest BCUT2D eigenvalue weighted by Crippen LogP contribution is 2.31. The number of hydrogen-bond acceptors (Lipinski definition) is 2. The average Bonchev–Trinajstić information content (AvgIpc) is 2.99. The van der Waals surface area contributed by atoms with Crippen LogP contribution in [0.1, 0.15) is 59.3 Å². The van der Waals surface area contributed by atoms with Crippen LogP contribution in [0.25, 0.3) is 0 Å². The third-order valence-electron chi connectivity index (χ3n) is 3.32. The highest BCUT2D eigenvalue weighted by Gasteiger charge is 2.35. The lowest BCUT2D eigenvalue weighted by Gasteiger charge is -2.28. The van der Waals surface area contributed by atoms with Crippen LogP contribution in [0.2, 0.25) is 0 Å². The molecule has 1 amide bonds. The molecule has 1 saturated carbocycles. The van der Waals surface area contributed by atoms with Crippen molar-refractivity contribution in [3.05, 3.63) is 0 Å². The molecule has 1 N–H and O–H groups in total. The molecule has 18 heavy (non-hydrogen) atoms. The normalized spacial score (nSPS) is 15.5. The lowest BCUT2D eigenvalue weighted by molar-refractivity contribution is -0.140. The maximum absolute atomic E-state index is 12.3. The Morgan fingerprint density at radius 2 is 1.89 bits per heavy atom. The molecule has 1 aliphatic carbocycles. The molecule has 0 radical (unpaired) electrons. The van der Waals surface area contributed by atoms with E-state index >= 15 is 0 Å². The lowest BCUT2D eigenvalue weighted by Crippen LogP contribution is -2.37. The minimum atomic E-state index is -0.834. The van der Waals surface area contributed by atoms with Crippen LogP contribution in [-0.2, 0) is 9.59 Å². The van der Waals surface area contributed by atoms with Crippen molar-refractivity contribution in [1.82, 2.24) is 4.90 Å². The summed E-state index contributed by atoms with van der Waals surface area (Å²) in [6.07, 6.45) is 4.70. The summed E-state index contributed by atoms with van der Waals surface area (Å²) >= 11 is 0. The third kappa shape index (κ3) is 5.07. The average molecular weight is 255 g/mol. The molecule has 104 valence electrons. The van der Waals surface area contributed by atoms with Gasteiger partial charge < -0.3 is 10.0 Å². The van der Waals surface area contributed by atoms with Crippen molar-refractivity contribution in [1.29, 1.82) is 0 Å². The summed E-state index contributed by atoms with van der Waals surface area (Å²) in [4.78, 5) is 25.0. The van der Waals surface area contributed by atoms with Gasteiger partial charge in [0.15, 0.2) is 0 Å². The molecule has 0 aromatic rings. The third-order valence-corrected chi connectivity index (χ3v) is 3.32. The van der Waals surface area contributed by atoms with Crippen molar-refractivity contribution in [2.75, 3.05) is 6.54 Å². The van der Waals surface area contributed by atoms with Gasteiger partial charge in [-0.1, -0.05) is 27.2 Å². The van der Waals surface area contributed by atoms with Gasteiger partial charge in [-0.2, -0.15) is 0 Å². The summed E-state index contributed by atoms with van der Waals surface area (Å²) in [5.41, 5.74) is -0.456. The van der Waals surface area contributed by atoms with Gasteiger partial charge in [0, 0.05) is 19.0 Å². The van der Waals surface area contributed by atoms with Crippen LogP contribution in [0.5, 0.6) is 0 Å². The predicted octanol–water partition coefficient (Wildman–Crippen LogP) is 2.67. The lowest BCUT2D eigenvalue weighted by atomic mass is 9.85. The van der Waals surface area contributed by atoms with Crippen molar-refractivity contribution in [2.24, 2.45) is 5.41 Å². The first-order chi connectivity index (χ1) is 8.35. The number of nitrogens with zero attached hydrogens (tertiary/aromatic N) is 1. The topological polar surface area (TPSA) is 57.6 Å². The van der Waals surface area contributed by atoms with Gasteiger partial charge in [-0.15, -0.1) is 0 Å². The largest absolute Gasteiger partial charge is 0.481 e. The maximum atomic E-state index is 12.3. The number of amides is 1. The molecule has 1 aliphatic rings. The van der Waals surface area contributed by atoms with E-state index in [2.05, 4.69) is 6.92 Å². The van der Waals surface area contributed by atoms with E-state index < -0.39 is 11.4 Å². The van der Waals surface area contributed by atoms with E-state index in [1.807, 2.05) is 18.7 Å². The Morgan fingerprint density at radius 3 is 2.33 bits per heavy atom. The van der Waals surface area contributed by atoms with Crippen molar-refractivity contribution in [2.45, 2.75) is 65.3 Å². The molecular formula is C14H25NO3. The number of unbranched alkanes of at least 4 members (excludes halogenated alkanes) is 1. The highest BCUT2D eigenvalue weighted by atomic mass is 16.4. The first-order valence-corrected chi connectivity index (χ1v) is 6.87. The standard InChI is InChI=1S/C14H25NO3/c1-4-5-8-15(11-6-7-11)12(16)9-14(2,3)10-13(17)18/h11H,4-10H2,1-3H3,(H,17,18). The smallest absolute Gasteiger partial charge is 0.303 e. The van der Waals surface area contributed by atoms with Crippen molar-refractivity contribution in [3.8, 4) is 0 Å². The minimum Gasteiger partial charge on any atom is -0.481 e. The van der Waals surface area contributed by atoms with Crippen LogP contribution in [0.4, 0.5) is 0 Å². The molecule has 0 unspecified atom stereocenters. The van der Waals surface area contributed by atoms with Crippen molar-refractivity contribution < 1.29 is 14.7 Å². The zero-order valence-electron chi connectivity index (χ0n) is 11.7. The van der Waals surface area contributed by atoms with E-state index in [0.717, 1.165) is 32.2 Å². The van der Waals surface area contributed by atoms with E-state index in [0.29, 0.717) is 12.5 Å². The summed E-state index contributed by atoms with van der Waals surface area (Å²) in [5, 5.41) is 8.84. The van der Waals surface area contributed by atoms with Crippen LogP contribution < -0.4 is 0 Å². The van der Waals surface area contributed by atoms with Gasteiger partial charge in [0.25, 0.3) is 0 Å². The number of hydrogen-bond donors (Lipinski definition) is 1. The van der Waals surface area contributed by atoms with Gasteiger partial charge in [-0.3, -0.25) is 9.59 Å². The number of carbonyl (C=O) groups is 2. The minimum absolute atomic E-state index is 0.0467. The van der Waals surface area contributed by atoms with E-state index in [1.54, 1.807) is 0 Å². The Morgan fingerprint density at radius 1 is 1.28 bits per heavy atom. The van der Waals surface area contributed by atoms with Gasteiger partial charge in [0.2, 0.25) is 5.91 Å². The molecule has 1 rings (SSSR count). The van der Waals surface area contributed by atoms with Crippen LogP contribution >= 0.6 is 0 Å². The maximum Gasteiger partial charge on any atom is 0.303 e. The van der Waals surface area contributed by atoms with Gasteiger partial charge in [0.1, 0.15) is 0 Å². The SMILES string of the molecule is CCCCN(C(=O)CC(C)(C)CC(=O)O)C1CC1. The first kappa shape index (κ1) is 15.0. The van der Waals surface area contributed by atoms with Crippen molar-refractivity contribution in [3.63, 3.8) is 0 Å². The Kier molecular flexibility index (Phi) is 5.17. The van der Waals surface area contributed by atoms with E-state index in [1.165, 1.54) is 0 Å². The Balaban J connectivity index is 2.52. The molecule has 0 bridgehead atoms. The van der Waals surface area contributed by atoms with E-state index in [-0.39, 0.29) is 12.3 Å². The van der Waals surface area contributed by atoms with Crippen LogP contribution in [0, 0.1) is 5.41 Å². The monoisotopic (exact) mass is 255 g/mol. The molecule has 0 saturated heterocycles. The van der Waals surface area contributed by atoms with E-state index in [9.17, 15) is 9.59 Å². The predicted molar refractivity (Wildman–Crippen MR) is 70.3 cm³/mol. The molecule has 0 atom stereocenters. The molecule has 0 aromatic carbocycles. The highest BCUT2D eigenvalue weighted by molar-refractivity contribution is 5.78. The number of rotatable bonds is 8. The summed E-state index contributed by atoms with van der Waals surface area (Å²) in [5.74, 6) is -0.712. The molecule has 0 spiro atoms. The van der Waals surface area contributed by atoms with Crippen LogP contribution in [0.3, 0.4) is 0 Å². The number of carboxylic acid groups (broad SMARTS) is 1. The van der Waals surface area contributed by atoms with Gasteiger partial charge in [0.05, 0.1) is 6.42 Å². The Hall–Kier alpha value is -1.06. The molecule has 0 aliphatic heterocycles. The summed E-state index contributed by atoms with van der Waals surface area (Å²) in [6.45, 7) is 6.64. The second kappa shape index (κ2) is 6.21. The fraction of sp³-hybridized carbons (Fsp3) is 0.857. The molecule has 0 aromatic heterocycles. The second-order valence-electron chi connectivity index (χ2n) is 6.08. The number of aliphatic carboxylic acids is 1. The zero-order chi connectivity index (χ0) is 13.8. The van der Waals surface area contributed by atoms with Gasteiger partial charge >= 0.3 is 5.97 Å². The Bertz CT molecular complexity index is 308. The number of carbonyl (C=O) groups excluding carboxylic acids is 1. The first-order valence-electron chi connectivity index (χ1n) is 6.87. The summed E-state index contributed by atoms with van der Waals surface area (Å²) in [6, 6.07) is 0.421. The zero-order valence-corrected chi connectivity index (χ0v) is 11.7. The fourth-order valence-corrected chi connectivity index (χ4v) is 2.21. The van der Waals surface area contributed by atoms with Crippen LogP contribution in [0.15, 0.2) is 0 Å². The quantitative estimate of drug-likeness (QED) is 0.725. The number of carboxylic acids is 1. The fourth-order valence-electron chi connectivity index (χ4n) is 2.21. The Labute approximate surface area is 109 Å². The molecule has 0 heterocycles. The molecule has 4 nitrogen and oxygen atoms in total. The summed E-state index contributed by atoms with van der Waals surface area (Å²) < 4.78 is 0. The van der Waals surface area contributed by atoms with Gasteiger partial charge in [-0.25, -0.2) is 0 Å². The molecule has 1 fully saturated rings. The van der Waals surface area contributed by atoms with Gasteiger partial charge in [-0.05, 0) is 24.7 Å².